The third kappa shape index (κ3) is 2.58. The average Bonchev–Trinajstić information content (AvgIpc) is 2.73. The standard InChI is InChI=1S/C11H11ClN2OS/c1-7(13)8-2-3-10(9(12)6-8)16-11-14-4-5-15-11/h2-7H,13H2,1H3. The summed E-state index contributed by atoms with van der Waals surface area (Å²) in [4.78, 5) is 4.93. The summed E-state index contributed by atoms with van der Waals surface area (Å²) >= 11 is 7.54. The van der Waals surface area contributed by atoms with Gasteiger partial charge in [0.15, 0.2) is 0 Å². The van der Waals surface area contributed by atoms with E-state index in [0.29, 0.717) is 10.2 Å². The van der Waals surface area contributed by atoms with Gasteiger partial charge in [-0.25, -0.2) is 4.98 Å². The Morgan fingerprint density at radius 3 is 2.88 bits per heavy atom. The molecule has 1 unspecified atom stereocenters. The van der Waals surface area contributed by atoms with Crippen molar-refractivity contribution in [3.63, 3.8) is 0 Å². The first-order valence-electron chi connectivity index (χ1n) is 4.79. The Morgan fingerprint density at radius 2 is 2.31 bits per heavy atom. The predicted octanol–water partition coefficient (Wildman–Crippen LogP) is 3.50. The number of nitrogens with two attached hydrogens (primary N) is 1. The molecule has 84 valence electrons. The van der Waals surface area contributed by atoms with Crippen LogP contribution < -0.4 is 5.73 Å². The summed E-state index contributed by atoms with van der Waals surface area (Å²) in [6.45, 7) is 1.92. The Hall–Kier alpha value is -0.970. The van der Waals surface area contributed by atoms with E-state index < -0.39 is 0 Å². The van der Waals surface area contributed by atoms with Gasteiger partial charge < -0.3 is 10.2 Å². The summed E-state index contributed by atoms with van der Waals surface area (Å²) in [5.74, 6) is 0. The van der Waals surface area contributed by atoms with Crippen molar-refractivity contribution in [3.8, 4) is 0 Å². The van der Waals surface area contributed by atoms with Crippen molar-refractivity contribution in [1.82, 2.24) is 4.98 Å². The highest BCUT2D eigenvalue weighted by Gasteiger charge is 2.08. The van der Waals surface area contributed by atoms with Crippen molar-refractivity contribution >= 4 is 23.4 Å². The lowest BCUT2D eigenvalue weighted by Gasteiger charge is -2.07. The summed E-state index contributed by atoms with van der Waals surface area (Å²) in [6, 6.07) is 5.74. The highest BCUT2D eigenvalue weighted by Crippen LogP contribution is 2.33. The van der Waals surface area contributed by atoms with E-state index in [2.05, 4.69) is 4.98 Å². The first-order valence-corrected chi connectivity index (χ1v) is 5.98. The number of benzene rings is 1. The molecule has 1 heterocycles. The van der Waals surface area contributed by atoms with Gasteiger partial charge in [-0.2, -0.15) is 0 Å². The lowest BCUT2D eigenvalue weighted by Crippen LogP contribution is -2.04. The molecular weight excluding hydrogens is 244 g/mol. The molecule has 0 spiro atoms. The normalized spacial score (nSPS) is 12.7. The SMILES string of the molecule is CC(N)c1ccc(Sc2ncco2)c(Cl)c1. The molecular formula is C11H11ClN2OS. The fourth-order valence-electron chi connectivity index (χ4n) is 1.24. The molecule has 0 fully saturated rings. The molecule has 5 heteroatoms. The lowest BCUT2D eigenvalue weighted by atomic mass is 10.1. The Bertz CT molecular complexity index is 471. The molecule has 0 aliphatic rings. The Labute approximate surface area is 103 Å². The van der Waals surface area contributed by atoms with Gasteiger partial charge >= 0.3 is 0 Å². The van der Waals surface area contributed by atoms with Crippen LogP contribution in [0.3, 0.4) is 0 Å². The van der Waals surface area contributed by atoms with Crippen LogP contribution in [0.15, 0.2) is 45.2 Å². The van der Waals surface area contributed by atoms with Gasteiger partial charge in [-0.05, 0) is 36.4 Å². The molecule has 0 saturated heterocycles. The second-order valence-electron chi connectivity index (χ2n) is 3.38. The van der Waals surface area contributed by atoms with Crippen LogP contribution in [0.4, 0.5) is 0 Å². The molecule has 16 heavy (non-hydrogen) atoms. The van der Waals surface area contributed by atoms with Crippen molar-refractivity contribution in [2.24, 2.45) is 5.73 Å². The molecule has 0 saturated carbocycles. The topological polar surface area (TPSA) is 52.0 Å². The summed E-state index contributed by atoms with van der Waals surface area (Å²) in [5.41, 5.74) is 6.79. The van der Waals surface area contributed by atoms with Crippen LogP contribution in [0, 0.1) is 0 Å². The van der Waals surface area contributed by atoms with E-state index in [1.165, 1.54) is 18.0 Å². The number of oxazole rings is 1. The summed E-state index contributed by atoms with van der Waals surface area (Å²) in [5, 5.41) is 1.24. The molecule has 2 aromatic rings. The fraction of sp³-hybridized carbons (Fsp3) is 0.182. The lowest BCUT2D eigenvalue weighted by molar-refractivity contribution is 0.454. The molecule has 0 aliphatic carbocycles. The quantitative estimate of drug-likeness (QED) is 0.911. The van der Waals surface area contributed by atoms with Crippen LogP contribution in [0.5, 0.6) is 0 Å². The molecule has 0 radical (unpaired) electrons. The molecule has 1 aromatic heterocycles. The maximum absolute atomic E-state index is 6.14. The highest BCUT2D eigenvalue weighted by atomic mass is 35.5. The largest absolute Gasteiger partial charge is 0.440 e. The third-order valence-electron chi connectivity index (χ3n) is 2.09. The van der Waals surface area contributed by atoms with E-state index in [-0.39, 0.29) is 6.04 Å². The van der Waals surface area contributed by atoms with Gasteiger partial charge in [0.25, 0.3) is 5.22 Å². The summed E-state index contributed by atoms with van der Waals surface area (Å²) in [6.07, 6.45) is 3.14. The maximum Gasteiger partial charge on any atom is 0.260 e. The monoisotopic (exact) mass is 254 g/mol. The fourth-order valence-corrected chi connectivity index (χ4v) is 2.24. The van der Waals surface area contributed by atoms with Gasteiger partial charge in [-0.3, -0.25) is 0 Å². The maximum atomic E-state index is 6.14. The molecule has 1 aromatic carbocycles. The minimum atomic E-state index is -0.0155. The molecule has 3 nitrogen and oxygen atoms in total. The number of nitrogens with zero attached hydrogens (tertiary/aromatic N) is 1. The Kier molecular flexibility index (Phi) is 3.53. The summed E-state index contributed by atoms with van der Waals surface area (Å²) in [7, 11) is 0. The van der Waals surface area contributed by atoms with Gasteiger partial charge in [0.1, 0.15) is 6.26 Å². The van der Waals surface area contributed by atoms with E-state index >= 15 is 0 Å². The molecule has 0 amide bonds. The summed E-state index contributed by atoms with van der Waals surface area (Å²) < 4.78 is 5.14. The van der Waals surface area contributed by atoms with Gasteiger partial charge in [-0.1, -0.05) is 17.7 Å². The van der Waals surface area contributed by atoms with Crippen LogP contribution in [-0.2, 0) is 0 Å². The van der Waals surface area contributed by atoms with Gasteiger partial charge in [0.05, 0.1) is 11.2 Å². The van der Waals surface area contributed by atoms with E-state index in [4.69, 9.17) is 21.8 Å². The van der Waals surface area contributed by atoms with Crippen LogP contribution in [0.25, 0.3) is 0 Å². The predicted molar refractivity (Wildman–Crippen MR) is 64.7 cm³/mol. The van der Waals surface area contributed by atoms with Gasteiger partial charge in [0, 0.05) is 10.9 Å². The zero-order valence-electron chi connectivity index (χ0n) is 8.68. The zero-order valence-corrected chi connectivity index (χ0v) is 10.3. The number of hydrogen-bond acceptors (Lipinski definition) is 4. The minimum absolute atomic E-state index is 0.0155. The zero-order chi connectivity index (χ0) is 11.5. The van der Waals surface area contributed by atoms with Crippen LogP contribution in [0.1, 0.15) is 18.5 Å². The van der Waals surface area contributed by atoms with Crippen molar-refractivity contribution < 1.29 is 4.42 Å². The minimum Gasteiger partial charge on any atom is -0.440 e. The van der Waals surface area contributed by atoms with Crippen LogP contribution in [0.2, 0.25) is 5.02 Å². The molecule has 2 rings (SSSR count). The molecule has 0 bridgehead atoms. The number of hydrogen-bond donors (Lipinski definition) is 1. The van der Waals surface area contributed by atoms with E-state index in [0.717, 1.165) is 10.5 Å². The smallest absolute Gasteiger partial charge is 0.260 e. The second kappa shape index (κ2) is 4.91. The first-order chi connectivity index (χ1) is 7.66. The van der Waals surface area contributed by atoms with E-state index in [1.54, 1.807) is 6.20 Å². The second-order valence-corrected chi connectivity index (χ2v) is 4.78. The number of halogens is 1. The van der Waals surface area contributed by atoms with Gasteiger partial charge in [0.2, 0.25) is 0 Å². The average molecular weight is 255 g/mol. The Morgan fingerprint density at radius 1 is 1.50 bits per heavy atom. The number of aromatic nitrogens is 1. The third-order valence-corrected chi connectivity index (χ3v) is 3.47. The van der Waals surface area contributed by atoms with Crippen molar-refractivity contribution in [2.45, 2.75) is 23.1 Å². The van der Waals surface area contributed by atoms with Crippen molar-refractivity contribution in [1.29, 1.82) is 0 Å². The van der Waals surface area contributed by atoms with Crippen LogP contribution in [-0.4, -0.2) is 4.98 Å². The molecule has 2 N–H and O–H groups in total. The van der Waals surface area contributed by atoms with Gasteiger partial charge in [-0.15, -0.1) is 0 Å². The van der Waals surface area contributed by atoms with Crippen molar-refractivity contribution in [3.05, 3.63) is 41.2 Å². The first kappa shape index (κ1) is 11.5. The molecule has 0 aliphatic heterocycles. The van der Waals surface area contributed by atoms with E-state index in [9.17, 15) is 0 Å². The van der Waals surface area contributed by atoms with Crippen molar-refractivity contribution in [2.75, 3.05) is 0 Å². The van der Waals surface area contributed by atoms with Crippen LogP contribution >= 0.6 is 23.4 Å². The highest BCUT2D eigenvalue weighted by molar-refractivity contribution is 7.99. The Balaban J connectivity index is 2.23. The van der Waals surface area contributed by atoms with E-state index in [1.807, 2.05) is 25.1 Å². The number of rotatable bonds is 3. The molecule has 1 atom stereocenters.